The molecule has 0 saturated carbocycles. The molecule has 0 aliphatic rings. The molecule has 0 saturated heterocycles. The van der Waals surface area contributed by atoms with E-state index in [1.165, 1.54) is 0 Å². The lowest BCUT2D eigenvalue weighted by molar-refractivity contribution is -0.140. The van der Waals surface area contributed by atoms with Gasteiger partial charge in [-0.3, -0.25) is 9.59 Å². The molecule has 2 N–H and O–H groups in total. The molecule has 14 heavy (non-hydrogen) atoms. The minimum atomic E-state index is -0.882. The van der Waals surface area contributed by atoms with Crippen molar-refractivity contribution in [3.8, 4) is 0 Å². The molecule has 80 valence electrons. The van der Waals surface area contributed by atoms with Crippen molar-refractivity contribution in [3.05, 3.63) is 12.2 Å². The van der Waals surface area contributed by atoms with E-state index in [9.17, 15) is 9.59 Å². The Balaban J connectivity index is 3.78. The van der Waals surface area contributed by atoms with Crippen LogP contribution in [0.5, 0.6) is 0 Å². The second kappa shape index (κ2) is 6.18. The quantitative estimate of drug-likeness (QED) is 0.486. The van der Waals surface area contributed by atoms with Crippen molar-refractivity contribution in [2.45, 2.75) is 32.6 Å². The van der Waals surface area contributed by atoms with Crippen LogP contribution in [0, 0.1) is 5.92 Å². The minimum Gasteiger partial charge on any atom is -0.481 e. The highest BCUT2D eigenvalue weighted by Gasteiger charge is 2.17. The summed E-state index contributed by atoms with van der Waals surface area (Å²) in [4.78, 5) is 20.9. The van der Waals surface area contributed by atoms with Crippen molar-refractivity contribution in [1.82, 2.24) is 0 Å². The van der Waals surface area contributed by atoms with Crippen LogP contribution in [0.2, 0.25) is 0 Å². The number of aliphatic carboxylic acids is 2. The first-order chi connectivity index (χ1) is 6.45. The Morgan fingerprint density at radius 1 is 1.29 bits per heavy atom. The van der Waals surface area contributed by atoms with Gasteiger partial charge in [-0.25, -0.2) is 0 Å². The van der Waals surface area contributed by atoms with Gasteiger partial charge in [0.1, 0.15) is 0 Å². The normalized spacial score (nSPS) is 12.1. The predicted octanol–water partition coefficient (Wildman–Crippen LogP) is 1.91. The zero-order chi connectivity index (χ0) is 11.1. The Bertz CT molecular complexity index is 218. The molecule has 0 aromatic rings. The summed E-state index contributed by atoms with van der Waals surface area (Å²) in [6, 6.07) is 0. The molecule has 1 atom stereocenters. The number of carbonyl (C=O) groups is 2. The number of hydrogen-bond donors (Lipinski definition) is 2. The zero-order valence-electron chi connectivity index (χ0n) is 8.32. The summed E-state index contributed by atoms with van der Waals surface area (Å²) in [6.07, 6.45) is 1.70. The van der Waals surface area contributed by atoms with E-state index in [0.717, 1.165) is 0 Å². The van der Waals surface area contributed by atoms with Crippen molar-refractivity contribution in [3.63, 3.8) is 0 Å². The fourth-order valence-corrected chi connectivity index (χ4v) is 1.21. The molecule has 0 fully saturated rings. The van der Waals surface area contributed by atoms with Crippen LogP contribution in [0.4, 0.5) is 0 Å². The SMILES string of the molecule is C=C(C)C(CCCCC(=O)O)C(=O)O. The maximum atomic E-state index is 10.7. The number of carboxylic acid groups (broad SMARTS) is 2. The number of rotatable bonds is 7. The van der Waals surface area contributed by atoms with Gasteiger partial charge in [-0.15, -0.1) is 0 Å². The molecular weight excluding hydrogens is 184 g/mol. The second-order valence-corrected chi connectivity index (χ2v) is 3.38. The van der Waals surface area contributed by atoms with Gasteiger partial charge in [0.15, 0.2) is 0 Å². The van der Waals surface area contributed by atoms with Gasteiger partial charge in [0, 0.05) is 6.42 Å². The maximum absolute atomic E-state index is 10.7. The van der Waals surface area contributed by atoms with Crippen LogP contribution < -0.4 is 0 Å². The monoisotopic (exact) mass is 200 g/mol. The van der Waals surface area contributed by atoms with E-state index in [1.807, 2.05) is 0 Å². The molecule has 0 rings (SSSR count). The van der Waals surface area contributed by atoms with Gasteiger partial charge >= 0.3 is 11.9 Å². The summed E-state index contributed by atoms with van der Waals surface area (Å²) >= 11 is 0. The van der Waals surface area contributed by atoms with Crippen LogP contribution >= 0.6 is 0 Å². The molecule has 4 heteroatoms. The van der Waals surface area contributed by atoms with Crippen LogP contribution in [0.1, 0.15) is 32.6 Å². The summed E-state index contributed by atoms with van der Waals surface area (Å²) < 4.78 is 0. The molecular formula is C10H16O4. The first kappa shape index (κ1) is 12.7. The summed E-state index contributed by atoms with van der Waals surface area (Å²) in [7, 11) is 0. The zero-order valence-corrected chi connectivity index (χ0v) is 8.32. The predicted molar refractivity (Wildman–Crippen MR) is 52.0 cm³/mol. The summed E-state index contributed by atoms with van der Waals surface area (Å²) in [6.45, 7) is 5.27. The van der Waals surface area contributed by atoms with E-state index in [2.05, 4.69) is 6.58 Å². The van der Waals surface area contributed by atoms with Crippen LogP contribution in [0.25, 0.3) is 0 Å². The van der Waals surface area contributed by atoms with Crippen LogP contribution in [-0.4, -0.2) is 22.2 Å². The van der Waals surface area contributed by atoms with Crippen molar-refractivity contribution < 1.29 is 19.8 Å². The Morgan fingerprint density at radius 2 is 1.86 bits per heavy atom. The Kier molecular flexibility index (Phi) is 5.60. The van der Waals surface area contributed by atoms with Gasteiger partial charge in [0.05, 0.1) is 5.92 Å². The van der Waals surface area contributed by atoms with E-state index in [1.54, 1.807) is 6.92 Å². The van der Waals surface area contributed by atoms with Crippen LogP contribution in [0.15, 0.2) is 12.2 Å². The molecule has 0 spiro atoms. The molecule has 0 aromatic heterocycles. The van der Waals surface area contributed by atoms with Crippen LogP contribution in [-0.2, 0) is 9.59 Å². The smallest absolute Gasteiger partial charge is 0.310 e. The van der Waals surface area contributed by atoms with Crippen LogP contribution in [0.3, 0.4) is 0 Å². The topological polar surface area (TPSA) is 74.6 Å². The Labute approximate surface area is 83.2 Å². The third-order valence-corrected chi connectivity index (χ3v) is 2.03. The van der Waals surface area contributed by atoms with Crippen molar-refractivity contribution in [2.75, 3.05) is 0 Å². The van der Waals surface area contributed by atoms with Gasteiger partial charge < -0.3 is 10.2 Å². The molecule has 0 aliphatic heterocycles. The third kappa shape index (κ3) is 5.35. The Hall–Kier alpha value is -1.32. The molecule has 0 bridgehead atoms. The highest BCUT2D eigenvalue weighted by molar-refractivity contribution is 5.73. The summed E-state index contributed by atoms with van der Waals surface area (Å²) in [5.74, 6) is -2.26. The van der Waals surface area contributed by atoms with Crippen molar-refractivity contribution in [2.24, 2.45) is 5.92 Å². The Morgan fingerprint density at radius 3 is 2.21 bits per heavy atom. The standard InChI is InChI=1S/C10H16O4/c1-7(2)8(10(13)14)5-3-4-6-9(11)12/h8H,1,3-6H2,2H3,(H,11,12)(H,13,14). The highest BCUT2D eigenvalue weighted by atomic mass is 16.4. The molecule has 0 amide bonds. The first-order valence-corrected chi connectivity index (χ1v) is 4.55. The number of unbranched alkanes of at least 4 members (excludes halogenated alkanes) is 1. The lowest BCUT2D eigenvalue weighted by Crippen LogP contribution is -2.14. The lowest BCUT2D eigenvalue weighted by atomic mass is 9.95. The summed E-state index contributed by atoms with van der Waals surface area (Å²) in [5, 5.41) is 17.1. The van der Waals surface area contributed by atoms with E-state index in [-0.39, 0.29) is 6.42 Å². The van der Waals surface area contributed by atoms with Crippen molar-refractivity contribution in [1.29, 1.82) is 0 Å². The molecule has 4 nitrogen and oxygen atoms in total. The molecule has 0 aliphatic carbocycles. The summed E-state index contributed by atoms with van der Waals surface area (Å²) in [5.41, 5.74) is 0.618. The fourth-order valence-electron chi connectivity index (χ4n) is 1.21. The van der Waals surface area contributed by atoms with Crippen molar-refractivity contribution >= 4 is 11.9 Å². The van der Waals surface area contributed by atoms with E-state index < -0.39 is 17.9 Å². The maximum Gasteiger partial charge on any atom is 0.310 e. The fraction of sp³-hybridized carbons (Fsp3) is 0.600. The van der Waals surface area contributed by atoms with E-state index in [0.29, 0.717) is 24.8 Å². The van der Waals surface area contributed by atoms with Gasteiger partial charge in [-0.05, 0) is 19.8 Å². The van der Waals surface area contributed by atoms with Gasteiger partial charge in [0.2, 0.25) is 0 Å². The average Bonchev–Trinajstić information content (AvgIpc) is 2.01. The first-order valence-electron chi connectivity index (χ1n) is 4.55. The second-order valence-electron chi connectivity index (χ2n) is 3.38. The molecule has 0 radical (unpaired) electrons. The van der Waals surface area contributed by atoms with Gasteiger partial charge in [0.25, 0.3) is 0 Å². The lowest BCUT2D eigenvalue weighted by Gasteiger charge is -2.10. The van der Waals surface area contributed by atoms with Gasteiger partial charge in [-0.1, -0.05) is 18.6 Å². The largest absolute Gasteiger partial charge is 0.481 e. The number of hydrogen-bond acceptors (Lipinski definition) is 2. The average molecular weight is 200 g/mol. The van der Waals surface area contributed by atoms with E-state index in [4.69, 9.17) is 10.2 Å². The molecule has 0 aromatic carbocycles. The third-order valence-electron chi connectivity index (χ3n) is 2.03. The minimum absolute atomic E-state index is 0.0997. The highest BCUT2D eigenvalue weighted by Crippen LogP contribution is 2.17. The number of carboxylic acids is 2. The molecule has 1 unspecified atom stereocenters. The molecule has 0 heterocycles. The van der Waals surface area contributed by atoms with Gasteiger partial charge in [-0.2, -0.15) is 0 Å². The van der Waals surface area contributed by atoms with E-state index >= 15 is 0 Å².